The van der Waals surface area contributed by atoms with Gasteiger partial charge in [-0.3, -0.25) is 4.72 Å². The molecule has 0 fully saturated rings. The number of hydrogen-bond donors (Lipinski definition) is 2. The zero-order chi connectivity index (χ0) is 14.1. The molecule has 0 aliphatic heterocycles. The summed E-state index contributed by atoms with van der Waals surface area (Å²) < 4.78 is 30.5. The number of methoxy groups -OCH3 is 1. The number of rotatable bonds is 9. The minimum Gasteiger partial charge on any atom is -0.385 e. The average molecular weight is 287 g/mol. The Hall–Kier alpha value is -1.34. The van der Waals surface area contributed by atoms with E-state index in [1.54, 1.807) is 25.4 Å². The molecule has 7 heteroatoms. The van der Waals surface area contributed by atoms with Crippen LogP contribution in [0.3, 0.4) is 0 Å². The van der Waals surface area contributed by atoms with E-state index in [4.69, 9.17) is 4.74 Å². The van der Waals surface area contributed by atoms with Gasteiger partial charge in [-0.25, -0.2) is 13.4 Å². The predicted molar refractivity (Wildman–Crippen MR) is 76.9 cm³/mol. The third-order valence-electron chi connectivity index (χ3n) is 2.35. The highest BCUT2D eigenvalue weighted by Crippen LogP contribution is 2.11. The molecule has 0 bridgehead atoms. The fourth-order valence-corrected chi connectivity index (χ4v) is 2.57. The van der Waals surface area contributed by atoms with E-state index in [1.165, 1.54) is 0 Å². The van der Waals surface area contributed by atoms with Crippen molar-refractivity contribution in [1.29, 1.82) is 0 Å². The van der Waals surface area contributed by atoms with E-state index < -0.39 is 10.0 Å². The number of hydrogen-bond acceptors (Lipinski definition) is 5. The van der Waals surface area contributed by atoms with Crippen molar-refractivity contribution in [3.05, 3.63) is 18.3 Å². The fourth-order valence-electron chi connectivity index (χ4n) is 1.49. The van der Waals surface area contributed by atoms with Crippen molar-refractivity contribution in [3.63, 3.8) is 0 Å². The van der Waals surface area contributed by atoms with Crippen molar-refractivity contribution in [3.8, 4) is 0 Å². The van der Waals surface area contributed by atoms with Crippen LogP contribution in [0.4, 0.5) is 11.5 Å². The van der Waals surface area contributed by atoms with Gasteiger partial charge in [0, 0.05) is 20.3 Å². The van der Waals surface area contributed by atoms with Crippen LogP contribution >= 0.6 is 0 Å². The summed E-state index contributed by atoms with van der Waals surface area (Å²) in [4.78, 5) is 4.06. The molecule has 1 aromatic heterocycles. The van der Waals surface area contributed by atoms with Gasteiger partial charge in [-0.15, -0.1) is 0 Å². The molecular formula is C12H21N3O3S. The second-order valence-electron chi connectivity index (χ2n) is 4.13. The van der Waals surface area contributed by atoms with Crippen LogP contribution in [0.2, 0.25) is 0 Å². The van der Waals surface area contributed by atoms with Crippen molar-refractivity contribution in [2.45, 2.75) is 19.8 Å². The van der Waals surface area contributed by atoms with Crippen molar-refractivity contribution in [2.75, 3.05) is 36.1 Å². The Bertz CT molecular complexity index is 460. The van der Waals surface area contributed by atoms with Crippen LogP contribution in [0.5, 0.6) is 0 Å². The van der Waals surface area contributed by atoms with Crippen molar-refractivity contribution in [2.24, 2.45) is 0 Å². The first-order valence-electron chi connectivity index (χ1n) is 6.26. The third-order valence-corrected chi connectivity index (χ3v) is 3.82. The minimum absolute atomic E-state index is 0.103. The molecule has 0 radical (unpaired) electrons. The molecule has 0 aliphatic carbocycles. The summed E-state index contributed by atoms with van der Waals surface area (Å²) in [6.45, 7) is 3.31. The lowest BCUT2D eigenvalue weighted by Crippen LogP contribution is -2.16. The Morgan fingerprint density at radius 2 is 2.16 bits per heavy atom. The highest BCUT2D eigenvalue weighted by atomic mass is 32.2. The lowest BCUT2D eigenvalue weighted by molar-refractivity contribution is 0.198. The van der Waals surface area contributed by atoms with Crippen molar-refractivity contribution in [1.82, 2.24) is 4.98 Å². The van der Waals surface area contributed by atoms with Gasteiger partial charge >= 0.3 is 0 Å². The number of aromatic nitrogens is 1. The summed E-state index contributed by atoms with van der Waals surface area (Å²) in [6.07, 6.45) is 3.09. The Labute approximate surface area is 114 Å². The van der Waals surface area contributed by atoms with Gasteiger partial charge in [-0.2, -0.15) is 0 Å². The maximum Gasteiger partial charge on any atom is 0.233 e. The summed E-state index contributed by atoms with van der Waals surface area (Å²) in [6, 6.07) is 3.44. The quantitative estimate of drug-likeness (QED) is 0.675. The number of ether oxygens (including phenoxy) is 1. The van der Waals surface area contributed by atoms with Crippen LogP contribution in [0.15, 0.2) is 18.3 Å². The standard InChI is InChI=1S/C12H21N3O3S/c1-3-9-19(16,17)15-12-6-5-11(10-14-12)13-7-4-8-18-2/h5-6,10,13H,3-4,7-9H2,1-2H3,(H,14,15). The zero-order valence-corrected chi connectivity index (χ0v) is 12.2. The molecule has 1 aromatic rings. The summed E-state index contributed by atoms with van der Waals surface area (Å²) in [5, 5.41) is 3.17. The summed E-state index contributed by atoms with van der Waals surface area (Å²) >= 11 is 0. The van der Waals surface area contributed by atoms with E-state index in [0.29, 0.717) is 18.8 Å². The van der Waals surface area contributed by atoms with Gasteiger partial charge in [0.05, 0.1) is 17.6 Å². The molecule has 0 atom stereocenters. The number of nitrogens with one attached hydrogen (secondary N) is 2. The van der Waals surface area contributed by atoms with Crippen molar-refractivity contribution < 1.29 is 13.2 Å². The Kier molecular flexibility index (Phi) is 6.58. The van der Waals surface area contributed by atoms with Gasteiger partial charge in [0.25, 0.3) is 0 Å². The Morgan fingerprint density at radius 1 is 1.37 bits per heavy atom. The van der Waals surface area contributed by atoms with Crippen LogP contribution < -0.4 is 10.0 Å². The third kappa shape index (κ3) is 6.40. The first-order chi connectivity index (χ1) is 9.07. The van der Waals surface area contributed by atoms with Crippen LogP contribution in [0, 0.1) is 0 Å². The van der Waals surface area contributed by atoms with Gasteiger partial charge in [0.1, 0.15) is 5.82 Å². The fraction of sp³-hybridized carbons (Fsp3) is 0.583. The number of pyridine rings is 1. The minimum atomic E-state index is -3.27. The van der Waals surface area contributed by atoms with Gasteiger partial charge in [0.2, 0.25) is 10.0 Å². The SMILES string of the molecule is CCCS(=O)(=O)Nc1ccc(NCCCOC)cn1. The summed E-state index contributed by atoms with van der Waals surface area (Å²) in [5.74, 6) is 0.446. The Balaban J connectivity index is 2.47. The molecule has 108 valence electrons. The number of anilines is 2. The molecule has 1 rings (SSSR count). The smallest absolute Gasteiger partial charge is 0.233 e. The molecule has 0 unspecified atom stereocenters. The average Bonchev–Trinajstić information content (AvgIpc) is 2.36. The molecule has 19 heavy (non-hydrogen) atoms. The lowest BCUT2D eigenvalue weighted by Gasteiger charge is -2.08. The summed E-state index contributed by atoms with van der Waals surface area (Å²) in [7, 11) is -1.61. The molecule has 0 saturated carbocycles. The van der Waals surface area contributed by atoms with E-state index in [2.05, 4.69) is 15.0 Å². The van der Waals surface area contributed by atoms with E-state index in [-0.39, 0.29) is 5.75 Å². The van der Waals surface area contributed by atoms with Crippen LogP contribution in [-0.2, 0) is 14.8 Å². The van der Waals surface area contributed by atoms with Crippen molar-refractivity contribution >= 4 is 21.5 Å². The molecule has 0 saturated heterocycles. The van der Waals surface area contributed by atoms with Crippen LogP contribution in [0.25, 0.3) is 0 Å². The van der Waals surface area contributed by atoms with E-state index in [9.17, 15) is 8.42 Å². The molecule has 0 spiro atoms. The lowest BCUT2D eigenvalue weighted by atomic mass is 10.4. The molecule has 0 aliphatic rings. The van der Waals surface area contributed by atoms with E-state index in [0.717, 1.165) is 18.7 Å². The molecule has 0 amide bonds. The highest BCUT2D eigenvalue weighted by Gasteiger charge is 2.09. The number of sulfonamides is 1. The van der Waals surface area contributed by atoms with E-state index in [1.807, 2.05) is 6.92 Å². The molecule has 2 N–H and O–H groups in total. The van der Waals surface area contributed by atoms with Crippen LogP contribution in [-0.4, -0.2) is 39.4 Å². The van der Waals surface area contributed by atoms with Gasteiger partial charge in [0.15, 0.2) is 0 Å². The van der Waals surface area contributed by atoms with Gasteiger partial charge in [-0.1, -0.05) is 6.92 Å². The molecular weight excluding hydrogens is 266 g/mol. The first kappa shape index (κ1) is 15.7. The summed E-state index contributed by atoms with van der Waals surface area (Å²) in [5.41, 5.74) is 0.856. The second-order valence-corrected chi connectivity index (χ2v) is 5.97. The molecule has 1 heterocycles. The second kappa shape index (κ2) is 7.96. The topological polar surface area (TPSA) is 80.3 Å². The van der Waals surface area contributed by atoms with E-state index >= 15 is 0 Å². The maximum atomic E-state index is 11.5. The van der Waals surface area contributed by atoms with Crippen LogP contribution in [0.1, 0.15) is 19.8 Å². The number of nitrogens with zero attached hydrogens (tertiary/aromatic N) is 1. The Morgan fingerprint density at radius 3 is 2.74 bits per heavy atom. The first-order valence-corrected chi connectivity index (χ1v) is 7.92. The highest BCUT2D eigenvalue weighted by molar-refractivity contribution is 7.92. The monoisotopic (exact) mass is 287 g/mol. The molecule has 6 nitrogen and oxygen atoms in total. The predicted octanol–water partition coefficient (Wildman–Crippen LogP) is 1.68. The van der Waals surface area contributed by atoms with Gasteiger partial charge in [-0.05, 0) is 25.0 Å². The maximum absolute atomic E-state index is 11.5. The largest absolute Gasteiger partial charge is 0.385 e. The normalized spacial score (nSPS) is 11.3. The zero-order valence-electron chi connectivity index (χ0n) is 11.3. The van der Waals surface area contributed by atoms with Gasteiger partial charge < -0.3 is 10.1 Å². The molecule has 0 aromatic carbocycles.